The molecule has 1 heterocycles. The molecule has 2 amide bonds. The highest BCUT2D eigenvalue weighted by Crippen LogP contribution is 2.19. The van der Waals surface area contributed by atoms with Gasteiger partial charge in [0.25, 0.3) is 0 Å². The van der Waals surface area contributed by atoms with Crippen molar-refractivity contribution >= 4 is 17.8 Å². The average molecular weight is 286 g/mol. The lowest BCUT2D eigenvalue weighted by atomic mass is 10.1. The van der Waals surface area contributed by atoms with Gasteiger partial charge in [-0.1, -0.05) is 13.8 Å². The van der Waals surface area contributed by atoms with Crippen LogP contribution in [-0.4, -0.2) is 58.1 Å². The van der Waals surface area contributed by atoms with Gasteiger partial charge in [0, 0.05) is 19.5 Å². The Kier molecular flexibility index (Phi) is 5.50. The number of hydrogen-bond donors (Lipinski definition) is 3. The minimum atomic E-state index is -1.35. The van der Waals surface area contributed by atoms with Gasteiger partial charge < -0.3 is 20.4 Å². The number of amides is 2. The molecule has 1 aliphatic heterocycles. The summed E-state index contributed by atoms with van der Waals surface area (Å²) in [4.78, 5) is 36.3. The molecular formula is C13H22N2O5. The summed E-state index contributed by atoms with van der Waals surface area (Å²) >= 11 is 0. The van der Waals surface area contributed by atoms with Gasteiger partial charge in [0.15, 0.2) is 6.04 Å². The molecule has 7 nitrogen and oxygen atoms in total. The summed E-state index contributed by atoms with van der Waals surface area (Å²) in [6.45, 7) is 6.14. The SMILES string of the molecule is CC(C)CN1CC(C(=O)N[C@H](C(=O)O)[C@@H](C)O)CC1=O. The molecule has 0 saturated carbocycles. The van der Waals surface area contributed by atoms with E-state index in [-0.39, 0.29) is 12.3 Å². The predicted molar refractivity (Wildman–Crippen MR) is 70.8 cm³/mol. The molecule has 0 radical (unpaired) electrons. The highest BCUT2D eigenvalue weighted by Gasteiger charge is 2.36. The molecule has 3 atom stereocenters. The quantitative estimate of drug-likeness (QED) is 0.607. The van der Waals surface area contributed by atoms with E-state index in [4.69, 9.17) is 5.11 Å². The van der Waals surface area contributed by atoms with Crippen LogP contribution in [-0.2, 0) is 14.4 Å². The van der Waals surface area contributed by atoms with Crippen molar-refractivity contribution in [2.75, 3.05) is 13.1 Å². The number of aliphatic hydroxyl groups excluding tert-OH is 1. The van der Waals surface area contributed by atoms with E-state index < -0.39 is 29.9 Å². The average Bonchev–Trinajstić information content (AvgIpc) is 2.66. The van der Waals surface area contributed by atoms with Gasteiger partial charge in [-0.25, -0.2) is 4.79 Å². The number of aliphatic carboxylic acids is 1. The molecule has 1 aliphatic rings. The summed E-state index contributed by atoms with van der Waals surface area (Å²) in [7, 11) is 0. The first-order valence-corrected chi connectivity index (χ1v) is 6.71. The topological polar surface area (TPSA) is 107 Å². The van der Waals surface area contributed by atoms with Gasteiger partial charge in [0.1, 0.15) is 0 Å². The minimum absolute atomic E-state index is 0.0880. The third-order valence-corrected chi connectivity index (χ3v) is 3.22. The number of aliphatic hydroxyl groups is 1. The lowest BCUT2D eigenvalue weighted by molar-refractivity contribution is -0.145. The third-order valence-electron chi connectivity index (χ3n) is 3.22. The van der Waals surface area contributed by atoms with Gasteiger partial charge in [-0.15, -0.1) is 0 Å². The monoisotopic (exact) mass is 286 g/mol. The van der Waals surface area contributed by atoms with Crippen LogP contribution in [0.3, 0.4) is 0 Å². The zero-order valence-corrected chi connectivity index (χ0v) is 12.0. The van der Waals surface area contributed by atoms with E-state index >= 15 is 0 Å². The highest BCUT2D eigenvalue weighted by molar-refractivity contribution is 5.91. The van der Waals surface area contributed by atoms with Crippen molar-refractivity contribution in [3.63, 3.8) is 0 Å². The van der Waals surface area contributed by atoms with Crippen molar-refractivity contribution in [3.8, 4) is 0 Å². The van der Waals surface area contributed by atoms with E-state index in [9.17, 15) is 19.5 Å². The summed E-state index contributed by atoms with van der Waals surface area (Å²) in [6.07, 6.45) is -1.11. The zero-order chi connectivity index (χ0) is 15.4. The van der Waals surface area contributed by atoms with Crippen molar-refractivity contribution in [2.24, 2.45) is 11.8 Å². The summed E-state index contributed by atoms with van der Waals surface area (Å²) in [5, 5.41) is 20.5. The standard InChI is InChI=1S/C13H22N2O5/c1-7(2)5-15-6-9(4-10(15)17)12(18)14-11(8(3)16)13(19)20/h7-9,11,16H,4-6H2,1-3H3,(H,14,18)(H,19,20)/t8-,9?,11+/m1/s1. The van der Waals surface area contributed by atoms with E-state index in [2.05, 4.69) is 5.32 Å². The van der Waals surface area contributed by atoms with Crippen molar-refractivity contribution in [1.82, 2.24) is 10.2 Å². The Morgan fingerprint density at radius 1 is 1.40 bits per heavy atom. The number of rotatable bonds is 6. The third kappa shape index (κ3) is 4.19. The van der Waals surface area contributed by atoms with Gasteiger partial charge in [0.05, 0.1) is 12.0 Å². The van der Waals surface area contributed by atoms with Crippen LogP contribution in [0.5, 0.6) is 0 Å². The maximum atomic E-state index is 12.0. The second-order valence-electron chi connectivity index (χ2n) is 5.66. The maximum absolute atomic E-state index is 12.0. The molecule has 0 spiro atoms. The van der Waals surface area contributed by atoms with E-state index in [1.54, 1.807) is 4.90 Å². The number of hydrogen-bond acceptors (Lipinski definition) is 4. The Morgan fingerprint density at radius 2 is 2.00 bits per heavy atom. The Balaban J connectivity index is 2.61. The fourth-order valence-corrected chi connectivity index (χ4v) is 2.22. The number of nitrogens with one attached hydrogen (secondary N) is 1. The first-order valence-electron chi connectivity index (χ1n) is 6.71. The van der Waals surface area contributed by atoms with Crippen molar-refractivity contribution in [3.05, 3.63) is 0 Å². The van der Waals surface area contributed by atoms with Crippen molar-refractivity contribution < 1.29 is 24.6 Å². The molecule has 0 aromatic heterocycles. The molecule has 7 heteroatoms. The smallest absolute Gasteiger partial charge is 0.328 e. The molecule has 0 bridgehead atoms. The first kappa shape index (κ1) is 16.4. The fraction of sp³-hybridized carbons (Fsp3) is 0.769. The van der Waals surface area contributed by atoms with Crippen molar-refractivity contribution in [2.45, 2.75) is 39.3 Å². The number of likely N-dealkylation sites (tertiary alicyclic amines) is 1. The summed E-state index contributed by atoms with van der Waals surface area (Å²) in [5.74, 6) is -2.13. The van der Waals surface area contributed by atoms with Crippen LogP contribution < -0.4 is 5.32 Å². The normalized spacial score (nSPS) is 21.9. The number of carboxylic acid groups (broad SMARTS) is 1. The number of carbonyl (C=O) groups excluding carboxylic acids is 2. The molecule has 1 rings (SSSR count). The van der Waals surface area contributed by atoms with E-state index in [1.807, 2.05) is 13.8 Å². The molecule has 1 saturated heterocycles. The molecule has 3 N–H and O–H groups in total. The Hall–Kier alpha value is -1.63. The van der Waals surface area contributed by atoms with Crippen LogP contribution in [0.25, 0.3) is 0 Å². The number of carbonyl (C=O) groups is 3. The summed E-state index contributed by atoms with van der Waals surface area (Å²) in [5.41, 5.74) is 0. The Labute approximate surface area is 117 Å². The zero-order valence-electron chi connectivity index (χ0n) is 12.0. The molecule has 1 fully saturated rings. The molecule has 1 unspecified atom stereocenters. The molecule has 114 valence electrons. The molecular weight excluding hydrogens is 264 g/mol. The first-order chi connectivity index (χ1) is 9.22. The van der Waals surface area contributed by atoms with Crippen LogP contribution >= 0.6 is 0 Å². The van der Waals surface area contributed by atoms with Crippen molar-refractivity contribution in [1.29, 1.82) is 0 Å². The highest BCUT2D eigenvalue weighted by atomic mass is 16.4. The number of nitrogens with zero attached hydrogens (tertiary/aromatic N) is 1. The van der Waals surface area contributed by atoms with Crippen LogP contribution in [0, 0.1) is 11.8 Å². The van der Waals surface area contributed by atoms with E-state index in [0.717, 1.165) is 0 Å². The second kappa shape index (κ2) is 6.69. The molecule has 20 heavy (non-hydrogen) atoms. The fourth-order valence-electron chi connectivity index (χ4n) is 2.22. The predicted octanol–water partition coefficient (Wildman–Crippen LogP) is -0.559. The summed E-state index contributed by atoms with van der Waals surface area (Å²) in [6, 6.07) is -1.35. The maximum Gasteiger partial charge on any atom is 0.328 e. The lowest BCUT2D eigenvalue weighted by Crippen LogP contribution is -2.49. The van der Waals surface area contributed by atoms with Crippen LogP contribution in [0.15, 0.2) is 0 Å². The largest absolute Gasteiger partial charge is 0.480 e. The second-order valence-corrected chi connectivity index (χ2v) is 5.66. The molecule has 0 aromatic rings. The minimum Gasteiger partial charge on any atom is -0.480 e. The molecule has 0 aromatic carbocycles. The van der Waals surface area contributed by atoms with Gasteiger partial charge in [-0.3, -0.25) is 9.59 Å². The lowest BCUT2D eigenvalue weighted by Gasteiger charge is -2.20. The van der Waals surface area contributed by atoms with Crippen LogP contribution in [0.4, 0.5) is 0 Å². The van der Waals surface area contributed by atoms with Gasteiger partial charge in [0.2, 0.25) is 11.8 Å². The molecule has 0 aliphatic carbocycles. The number of carboxylic acids is 1. The Bertz CT molecular complexity index is 394. The van der Waals surface area contributed by atoms with E-state index in [0.29, 0.717) is 19.0 Å². The van der Waals surface area contributed by atoms with E-state index in [1.165, 1.54) is 6.92 Å². The Morgan fingerprint density at radius 3 is 2.45 bits per heavy atom. The van der Waals surface area contributed by atoms with Gasteiger partial charge >= 0.3 is 5.97 Å². The van der Waals surface area contributed by atoms with Gasteiger partial charge in [-0.2, -0.15) is 0 Å². The van der Waals surface area contributed by atoms with Crippen LogP contribution in [0.1, 0.15) is 27.2 Å². The van der Waals surface area contributed by atoms with Crippen LogP contribution in [0.2, 0.25) is 0 Å². The van der Waals surface area contributed by atoms with Gasteiger partial charge in [-0.05, 0) is 12.8 Å². The summed E-state index contributed by atoms with van der Waals surface area (Å²) < 4.78 is 0.